The van der Waals surface area contributed by atoms with Crippen molar-refractivity contribution in [1.29, 1.82) is 0 Å². The maximum atomic E-state index is 13.6. The molecule has 0 unspecified atom stereocenters. The summed E-state index contributed by atoms with van der Waals surface area (Å²) in [6, 6.07) is 6.29. The van der Waals surface area contributed by atoms with Gasteiger partial charge in [-0.25, -0.2) is 9.37 Å². The summed E-state index contributed by atoms with van der Waals surface area (Å²) in [5, 5.41) is 0. The van der Waals surface area contributed by atoms with Crippen LogP contribution in [0.25, 0.3) is 0 Å². The average Bonchev–Trinajstić information content (AvgIpc) is 2.73. The van der Waals surface area contributed by atoms with Crippen molar-refractivity contribution in [2.24, 2.45) is 0 Å². The molecule has 0 radical (unpaired) electrons. The van der Waals surface area contributed by atoms with Gasteiger partial charge in [0.2, 0.25) is 5.91 Å². The van der Waals surface area contributed by atoms with Crippen molar-refractivity contribution in [3.8, 4) is 0 Å². The van der Waals surface area contributed by atoms with E-state index in [1.165, 1.54) is 12.4 Å². The molecule has 0 aliphatic carbocycles. The fourth-order valence-corrected chi connectivity index (χ4v) is 2.70. The van der Waals surface area contributed by atoms with Crippen LogP contribution < -0.4 is 5.56 Å². The molecule has 2 aromatic rings. The van der Waals surface area contributed by atoms with Gasteiger partial charge in [0.1, 0.15) is 5.82 Å². The second kappa shape index (κ2) is 6.09. The van der Waals surface area contributed by atoms with E-state index >= 15 is 0 Å². The SMILES string of the molecule is O=C(Cc1ccccc1F)N1CCc2nc[nH]c(=O)c2CC1. The van der Waals surface area contributed by atoms with Crippen LogP contribution in [0.5, 0.6) is 0 Å². The van der Waals surface area contributed by atoms with Gasteiger partial charge in [0, 0.05) is 25.1 Å². The van der Waals surface area contributed by atoms with Gasteiger partial charge in [-0.1, -0.05) is 18.2 Å². The van der Waals surface area contributed by atoms with E-state index in [1.807, 2.05) is 0 Å². The zero-order valence-electron chi connectivity index (χ0n) is 12.0. The fourth-order valence-electron chi connectivity index (χ4n) is 2.70. The van der Waals surface area contributed by atoms with Crippen LogP contribution in [0, 0.1) is 5.82 Å². The lowest BCUT2D eigenvalue weighted by Crippen LogP contribution is -2.34. The normalized spacial score (nSPS) is 14.3. The summed E-state index contributed by atoms with van der Waals surface area (Å²) in [5.74, 6) is -0.499. The fraction of sp³-hybridized carbons (Fsp3) is 0.312. The smallest absolute Gasteiger partial charge is 0.254 e. The van der Waals surface area contributed by atoms with E-state index in [4.69, 9.17) is 0 Å². The lowest BCUT2D eigenvalue weighted by molar-refractivity contribution is -0.130. The molecule has 3 rings (SSSR count). The zero-order valence-corrected chi connectivity index (χ0v) is 12.0. The molecule has 6 heteroatoms. The zero-order chi connectivity index (χ0) is 15.5. The number of hydrogen-bond donors (Lipinski definition) is 1. The molecule has 0 atom stereocenters. The minimum absolute atomic E-state index is 0.0345. The molecule has 1 amide bonds. The van der Waals surface area contributed by atoms with Crippen LogP contribution in [0.3, 0.4) is 0 Å². The summed E-state index contributed by atoms with van der Waals surface area (Å²) in [5.41, 5.74) is 1.63. The van der Waals surface area contributed by atoms with Crippen LogP contribution in [0.15, 0.2) is 35.4 Å². The Kier molecular flexibility index (Phi) is 4.00. The van der Waals surface area contributed by atoms with Crippen molar-refractivity contribution in [2.45, 2.75) is 19.3 Å². The van der Waals surface area contributed by atoms with E-state index in [2.05, 4.69) is 9.97 Å². The summed E-state index contributed by atoms with van der Waals surface area (Å²) < 4.78 is 13.6. The molecule has 0 spiro atoms. The van der Waals surface area contributed by atoms with Crippen molar-refractivity contribution in [1.82, 2.24) is 14.9 Å². The number of H-pyrrole nitrogens is 1. The molecule has 1 aromatic heterocycles. The first-order chi connectivity index (χ1) is 10.6. The third kappa shape index (κ3) is 2.90. The van der Waals surface area contributed by atoms with E-state index in [9.17, 15) is 14.0 Å². The van der Waals surface area contributed by atoms with Gasteiger partial charge in [0.25, 0.3) is 5.56 Å². The summed E-state index contributed by atoms with van der Waals surface area (Å²) >= 11 is 0. The third-order valence-corrected chi connectivity index (χ3v) is 3.94. The van der Waals surface area contributed by atoms with E-state index in [0.29, 0.717) is 37.1 Å². The van der Waals surface area contributed by atoms with Gasteiger partial charge in [-0.3, -0.25) is 9.59 Å². The second-order valence-corrected chi connectivity index (χ2v) is 5.31. The van der Waals surface area contributed by atoms with Gasteiger partial charge in [-0.2, -0.15) is 0 Å². The number of aromatic amines is 1. The Morgan fingerprint density at radius 2 is 2.05 bits per heavy atom. The van der Waals surface area contributed by atoms with Gasteiger partial charge in [-0.15, -0.1) is 0 Å². The second-order valence-electron chi connectivity index (χ2n) is 5.31. The molecule has 0 saturated carbocycles. The van der Waals surface area contributed by atoms with Crippen molar-refractivity contribution in [3.63, 3.8) is 0 Å². The van der Waals surface area contributed by atoms with Crippen LogP contribution in [0.4, 0.5) is 4.39 Å². The Labute approximate surface area is 126 Å². The molecule has 0 fully saturated rings. The number of fused-ring (bicyclic) bond motifs is 1. The maximum absolute atomic E-state index is 13.6. The van der Waals surface area contributed by atoms with Crippen molar-refractivity contribution in [3.05, 3.63) is 63.6 Å². The molecule has 1 aromatic carbocycles. The van der Waals surface area contributed by atoms with Crippen LogP contribution in [0.2, 0.25) is 0 Å². The Hall–Kier alpha value is -2.50. The number of rotatable bonds is 2. The quantitative estimate of drug-likeness (QED) is 0.902. The first-order valence-corrected chi connectivity index (χ1v) is 7.22. The molecule has 0 bridgehead atoms. The summed E-state index contributed by atoms with van der Waals surface area (Å²) in [4.78, 5) is 32.6. The number of carbonyl (C=O) groups excluding carboxylic acids is 1. The molecule has 1 aliphatic rings. The lowest BCUT2D eigenvalue weighted by atomic mass is 10.1. The average molecular weight is 301 g/mol. The minimum atomic E-state index is -0.368. The van der Waals surface area contributed by atoms with Gasteiger partial charge in [0.15, 0.2) is 0 Å². The highest BCUT2D eigenvalue weighted by molar-refractivity contribution is 5.79. The Bertz CT molecular complexity index is 757. The van der Waals surface area contributed by atoms with Gasteiger partial charge in [-0.05, 0) is 18.1 Å². The number of amides is 1. The molecule has 1 N–H and O–H groups in total. The van der Waals surface area contributed by atoms with E-state index in [-0.39, 0.29) is 23.7 Å². The van der Waals surface area contributed by atoms with Crippen LogP contribution >= 0.6 is 0 Å². The summed E-state index contributed by atoms with van der Waals surface area (Å²) in [6.07, 6.45) is 2.44. The van der Waals surface area contributed by atoms with Gasteiger partial charge in [0.05, 0.1) is 18.4 Å². The topological polar surface area (TPSA) is 66.1 Å². The van der Waals surface area contributed by atoms with Crippen molar-refractivity contribution in [2.75, 3.05) is 13.1 Å². The Balaban J connectivity index is 1.72. The number of halogens is 1. The molecule has 0 saturated heterocycles. The molecule has 1 aliphatic heterocycles. The largest absolute Gasteiger partial charge is 0.342 e. The lowest BCUT2D eigenvalue weighted by Gasteiger charge is -2.20. The molecule has 22 heavy (non-hydrogen) atoms. The first kappa shape index (κ1) is 14.4. The Morgan fingerprint density at radius 1 is 1.27 bits per heavy atom. The van der Waals surface area contributed by atoms with E-state index in [1.54, 1.807) is 23.1 Å². The number of aromatic nitrogens is 2. The first-order valence-electron chi connectivity index (χ1n) is 7.22. The van der Waals surface area contributed by atoms with Crippen LogP contribution in [0.1, 0.15) is 16.8 Å². The predicted molar refractivity (Wildman–Crippen MR) is 78.9 cm³/mol. The van der Waals surface area contributed by atoms with Gasteiger partial charge >= 0.3 is 0 Å². The number of carbonyl (C=O) groups is 1. The highest BCUT2D eigenvalue weighted by Gasteiger charge is 2.21. The molecule has 114 valence electrons. The number of nitrogens with zero attached hydrogens (tertiary/aromatic N) is 2. The van der Waals surface area contributed by atoms with Crippen molar-refractivity contribution < 1.29 is 9.18 Å². The maximum Gasteiger partial charge on any atom is 0.254 e. The number of benzene rings is 1. The summed E-state index contributed by atoms with van der Waals surface area (Å²) in [7, 11) is 0. The minimum Gasteiger partial charge on any atom is -0.342 e. The Morgan fingerprint density at radius 3 is 2.86 bits per heavy atom. The third-order valence-electron chi connectivity index (χ3n) is 3.94. The molecular formula is C16H16FN3O2. The number of hydrogen-bond acceptors (Lipinski definition) is 3. The summed E-state index contributed by atoms with van der Waals surface area (Å²) in [6.45, 7) is 0.950. The van der Waals surface area contributed by atoms with Crippen molar-refractivity contribution >= 4 is 5.91 Å². The highest BCUT2D eigenvalue weighted by atomic mass is 19.1. The van der Waals surface area contributed by atoms with E-state index in [0.717, 1.165) is 5.69 Å². The monoisotopic (exact) mass is 301 g/mol. The van der Waals surface area contributed by atoms with Gasteiger partial charge < -0.3 is 9.88 Å². The molecule has 5 nitrogen and oxygen atoms in total. The molecular weight excluding hydrogens is 285 g/mol. The standard InChI is InChI=1S/C16H16FN3O2/c17-13-4-2-1-3-11(13)9-15(21)20-7-5-12-14(6-8-20)18-10-19-16(12)22/h1-4,10H,5-9H2,(H,18,19,22). The predicted octanol–water partition coefficient (Wildman–Crippen LogP) is 1.08. The number of nitrogens with one attached hydrogen (secondary N) is 1. The molecule has 2 heterocycles. The van der Waals surface area contributed by atoms with Crippen LogP contribution in [-0.2, 0) is 24.1 Å². The van der Waals surface area contributed by atoms with Crippen LogP contribution in [-0.4, -0.2) is 33.9 Å². The van der Waals surface area contributed by atoms with E-state index < -0.39 is 0 Å². The highest BCUT2D eigenvalue weighted by Crippen LogP contribution is 2.13.